The lowest BCUT2D eigenvalue weighted by Gasteiger charge is -2.11. The molecule has 0 saturated carbocycles. The van der Waals surface area contributed by atoms with Crippen molar-refractivity contribution in [2.24, 2.45) is 0 Å². The minimum atomic E-state index is -0.0970. The number of fused-ring (bicyclic) bond motifs is 1. The lowest BCUT2D eigenvalue weighted by Crippen LogP contribution is -2.31. The first kappa shape index (κ1) is 20.6. The number of rotatable bonds is 7. The molecular formula is C24H25N5O2. The van der Waals surface area contributed by atoms with Crippen LogP contribution in [0.3, 0.4) is 0 Å². The van der Waals surface area contributed by atoms with Gasteiger partial charge in [0.25, 0.3) is 5.91 Å². The topological polar surface area (TPSA) is 71.8 Å². The van der Waals surface area contributed by atoms with Crippen molar-refractivity contribution in [1.29, 1.82) is 0 Å². The molecule has 7 heteroatoms. The van der Waals surface area contributed by atoms with Gasteiger partial charge in [0.15, 0.2) is 5.65 Å². The molecule has 0 saturated heterocycles. The number of nitrogens with zero attached hydrogens (tertiary/aromatic N) is 4. The zero-order valence-corrected chi connectivity index (χ0v) is 17.9. The molecular weight excluding hydrogens is 390 g/mol. The van der Waals surface area contributed by atoms with E-state index < -0.39 is 0 Å². The Balaban J connectivity index is 1.68. The Kier molecular flexibility index (Phi) is 5.95. The maximum absolute atomic E-state index is 12.5. The average Bonchev–Trinajstić information content (AvgIpc) is 3.22. The van der Waals surface area contributed by atoms with E-state index in [2.05, 4.69) is 10.3 Å². The summed E-state index contributed by atoms with van der Waals surface area (Å²) in [5.41, 5.74) is 4.70. The van der Waals surface area contributed by atoms with Gasteiger partial charge in [0, 0.05) is 29.8 Å². The lowest BCUT2D eigenvalue weighted by atomic mass is 10.1. The molecule has 0 radical (unpaired) electrons. The third-order valence-electron chi connectivity index (χ3n) is 5.01. The van der Waals surface area contributed by atoms with Crippen molar-refractivity contribution in [2.75, 3.05) is 34.3 Å². The van der Waals surface area contributed by atoms with Crippen LogP contribution in [0, 0.1) is 0 Å². The summed E-state index contributed by atoms with van der Waals surface area (Å²) in [7, 11) is 5.60. The number of aromatic nitrogens is 3. The Morgan fingerprint density at radius 3 is 2.74 bits per heavy atom. The Bertz CT molecular complexity index is 1220. The molecule has 0 fully saturated rings. The van der Waals surface area contributed by atoms with Crippen LogP contribution in [0.2, 0.25) is 0 Å². The fourth-order valence-electron chi connectivity index (χ4n) is 3.38. The number of hydrogen-bond acceptors (Lipinski definition) is 5. The zero-order valence-electron chi connectivity index (χ0n) is 17.9. The van der Waals surface area contributed by atoms with Crippen LogP contribution in [0.4, 0.5) is 0 Å². The van der Waals surface area contributed by atoms with Crippen molar-refractivity contribution in [3.05, 3.63) is 72.4 Å². The molecule has 0 aliphatic carbocycles. The molecule has 0 unspecified atom stereocenters. The van der Waals surface area contributed by atoms with E-state index in [-0.39, 0.29) is 5.91 Å². The fourth-order valence-corrected chi connectivity index (χ4v) is 3.38. The van der Waals surface area contributed by atoms with E-state index in [9.17, 15) is 4.79 Å². The van der Waals surface area contributed by atoms with Crippen molar-refractivity contribution in [3.8, 4) is 28.3 Å². The molecule has 2 aromatic heterocycles. The number of carbonyl (C=O) groups excluding carboxylic acids is 1. The van der Waals surface area contributed by atoms with Gasteiger partial charge in [-0.3, -0.25) is 4.79 Å². The van der Waals surface area contributed by atoms with Crippen LogP contribution in [0.5, 0.6) is 5.75 Å². The fraction of sp³-hybridized carbons (Fsp3) is 0.208. The summed E-state index contributed by atoms with van der Waals surface area (Å²) in [6.07, 6.45) is 1.78. The second-order valence-electron chi connectivity index (χ2n) is 7.47. The maximum atomic E-state index is 12.5. The van der Waals surface area contributed by atoms with Crippen LogP contribution in [-0.4, -0.2) is 59.7 Å². The van der Waals surface area contributed by atoms with Crippen LogP contribution in [0.1, 0.15) is 10.4 Å². The number of likely N-dealkylation sites (N-methyl/N-ethyl adjacent to an activating group) is 1. The number of benzene rings is 2. The first-order valence-electron chi connectivity index (χ1n) is 10.1. The number of hydrogen-bond donors (Lipinski definition) is 1. The molecule has 0 bridgehead atoms. The van der Waals surface area contributed by atoms with E-state index in [0.29, 0.717) is 12.1 Å². The zero-order chi connectivity index (χ0) is 21.8. The predicted molar refractivity (Wildman–Crippen MR) is 121 cm³/mol. The summed E-state index contributed by atoms with van der Waals surface area (Å²) in [5.74, 6) is 0.660. The lowest BCUT2D eigenvalue weighted by molar-refractivity contribution is 0.0951. The normalized spacial score (nSPS) is 11.1. The predicted octanol–water partition coefficient (Wildman–Crippen LogP) is 3.36. The van der Waals surface area contributed by atoms with Crippen molar-refractivity contribution in [3.63, 3.8) is 0 Å². The van der Waals surface area contributed by atoms with Crippen LogP contribution < -0.4 is 10.1 Å². The van der Waals surface area contributed by atoms with E-state index in [1.807, 2.05) is 79.7 Å². The summed E-state index contributed by atoms with van der Waals surface area (Å²) in [4.78, 5) is 19.0. The average molecular weight is 415 g/mol. The Labute approximate surface area is 181 Å². The molecule has 0 atom stereocenters. The van der Waals surface area contributed by atoms with E-state index in [0.717, 1.165) is 40.5 Å². The number of carbonyl (C=O) groups is 1. The molecule has 4 rings (SSSR count). The summed E-state index contributed by atoms with van der Waals surface area (Å²) in [5, 5.41) is 7.75. The van der Waals surface area contributed by atoms with Gasteiger partial charge in [-0.1, -0.05) is 24.3 Å². The van der Waals surface area contributed by atoms with Gasteiger partial charge in [-0.15, -0.1) is 0 Å². The monoisotopic (exact) mass is 415 g/mol. The minimum absolute atomic E-state index is 0.0970. The molecule has 0 aliphatic rings. The Morgan fingerprint density at radius 2 is 1.94 bits per heavy atom. The number of amides is 1. The Morgan fingerprint density at radius 1 is 1.10 bits per heavy atom. The van der Waals surface area contributed by atoms with Gasteiger partial charge in [0.2, 0.25) is 0 Å². The molecule has 0 spiro atoms. The second-order valence-corrected chi connectivity index (χ2v) is 7.47. The molecule has 4 aromatic rings. The summed E-state index contributed by atoms with van der Waals surface area (Å²) >= 11 is 0. The largest absolute Gasteiger partial charge is 0.496 e. The number of nitrogens with one attached hydrogen (secondary N) is 1. The molecule has 1 N–H and O–H groups in total. The molecule has 2 aromatic carbocycles. The van der Waals surface area contributed by atoms with Crippen molar-refractivity contribution >= 4 is 11.6 Å². The molecule has 31 heavy (non-hydrogen) atoms. The number of para-hydroxylation sites is 1. The van der Waals surface area contributed by atoms with Gasteiger partial charge < -0.3 is 15.0 Å². The van der Waals surface area contributed by atoms with Crippen LogP contribution in [-0.2, 0) is 0 Å². The first-order valence-corrected chi connectivity index (χ1v) is 10.1. The third kappa shape index (κ3) is 4.41. The van der Waals surface area contributed by atoms with Crippen LogP contribution in [0.25, 0.3) is 28.2 Å². The SMILES string of the molecule is COc1ccccc1-c1ccc2ncc(-c3cccc(C(=O)NCCN(C)C)c3)n2n1. The van der Waals surface area contributed by atoms with Crippen molar-refractivity contribution < 1.29 is 9.53 Å². The molecule has 2 heterocycles. The molecule has 7 nitrogen and oxygen atoms in total. The van der Waals surface area contributed by atoms with E-state index in [1.54, 1.807) is 17.8 Å². The van der Waals surface area contributed by atoms with Gasteiger partial charge in [0.05, 0.1) is 24.7 Å². The highest BCUT2D eigenvalue weighted by Gasteiger charge is 2.13. The number of ether oxygens (including phenoxy) is 1. The highest BCUT2D eigenvalue weighted by molar-refractivity contribution is 5.95. The van der Waals surface area contributed by atoms with Gasteiger partial charge >= 0.3 is 0 Å². The molecule has 1 amide bonds. The minimum Gasteiger partial charge on any atom is -0.496 e. The van der Waals surface area contributed by atoms with Crippen molar-refractivity contribution in [2.45, 2.75) is 0 Å². The van der Waals surface area contributed by atoms with Crippen LogP contribution in [0.15, 0.2) is 66.9 Å². The maximum Gasteiger partial charge on any atom is 0.251 e. The standard InChI is InChI=1S/C24H25N5O2/c1-28(2)14-13-25-24(30)18-8-6-7-17(15-18)21-16-26-23-12-11-20(27-29(21)23)19-9-4-5-10-22(19)31-3/h4-12,15-16H,13-14H2,1-3H3,(H,25,30). The molecule has 158 valence electrons. The number of imidazole rings is 1. The van der Waals surface area contributed by atoms with E-state index >= 15 is 0 Å². The first-order chi connectivity index (χ1) is 15.1. The number of methoxy groups -OCH3 is 1. The van der Waals surface area contributed by atoms with Gasteiger partial charge in [-0.05, 0) is 50.5 Å². The van der Waals surface area contributed by atoms with Crippen molar-refractivity contribution in [1.82, 2.24) is 24.8 Å². The van der Waals surface area contributed by atoms with Crippen LogP contribution >= 0.6 is 0 Å². The summed E-state index contributed by atoms with van der Waals surface area (Å²) in [6.45, 7) is 1.38. The summed E-state index contributed by atoms with van der Waals surface area (Å²) in [6, 6.07) is 19.1. The van der Waals surface area contributed by atoms with E-state index in [4.69, 9.17) is 9.84 Å². The highest BCUT2D eigenvalue weighted by atomic mass is 16.5. The van der Waals surface area contributed by atoms with E-state index in [1.165, 1.54) is 0 Å². The summed E-state index contributed by atoms with van der Waals surface area (Å²) < 4.78 is 7.28. The van der Waals surface area contributed by atoms with Gasteiger partial charge in [0.1, 0.15) is 5.75 Å². The Hall–Kier alpha value is -3.71. The third-order valence-corrected chi connectivity index (χ3v) is 5.01. The quantitative estimate of drug-likeness (QED) is 0.501. The smallest absolute Gasteiger partial charge is 0.251 e. The van der Waals surface area contributed by atoms with Gasteiger partial charge in [-0.25, -0.2) is 9.50 Å². The highest BCUT2D eigenvalue weighted by Crippen LogP contribution is 2.29. The second kappa shape index (κ2) is 8.97. The molecule has 0 aliphatic heterocycles. The van der Waals surface area contributed by atoms with Gasteiger partial charge in [-0.2, -0.15) is 5.10 Å².